The Morgan fingerprint density at radius 3 is 2.37 bits per heavy atom. The topological polar surface area (TPSA) is 57.4 Å². The molecule has 0 aliphatic carbocycles. The Morgan fingerprint density at radius 2 is 1.84 bits per heavy atom. The van der Waals surface area contributed by atoms with Crippen LogP contribution >= 0.6 is 11.3 Å². The van der Waals surface area contributed by atoms with Crippen LogP contribution in [0.25, 0.3) is 0 Å². The zero-order valence-corrected chi connectivity index (χ0v) is 12.4. The molecule has 5 heteroatoms. The number of thiazole rings is 1. The van der Waals surface area contributed by atoms with Gasteiger partial charge in [0.25, 0.3) is 0 Å². The lowest BCUT2D eigenvalue weighted by Gasteiger charge is -2.13. The molecule has 0 radical (unpaired) electrons. The fourth-order valence-electron chi connectivity index (χ4n) is 1.82. The van der Waals surface area contributed by atoms with Crippen molar-refractivity contribution in [3.8, 4) is 11.5 Å². The molecular formula is C14H18N2O2S. The minimum atomic E-state index is -0.239. The predicted molar refractivity (Wildman–Crippen MR) is 77.2 cm³/mol. The molecule has 1 unspecified atom stereocenters. The Kier molecular flexibility index (Phi) is 4.07. The fraction of sp³-hybridized carbons (Fsp3) is 0.357. The van der Waals surface area contributed by atoms with Crippen LogP contribution in [0.15, 0.2) is 18.2 Å². The number of rotatable bonds is 4. The van der Waals surface area contributed by atoms with Crippen LogP contribution in [0.4, 0.5) is 0 Å². The second kappa shape index (κ2) is 5.59. The number of methoxy groups -OCH3 is 2. The van der Waals surface area contributed by atoms with E-state index in [1.807, 2.05) is 25.1 Å². The highest BCUT2D eigenvalue weighted by Gasteiger charge is 2.16. The van der Waals surface area contributed by atoms with E-state index >= 15 is 0 Å². The monoisotopic (exact) mass is 278 g/mol. The van der Waals surface area contributed by atoms with Gasteiger partial charge in [0, 0.05) is 4.88 Å². The highest BCUT2D eigenvalue weighted by molar-refractivity contribution is 7.11. The molecule has 2 aromatic rings. The highest BCUT2D eigenvalue weighted by Crippen LogP contribution is 2.32. The number of ether oxygens (including phenoxy) is 2. The number of hydrogen-bond acceptors (Lipinski definition) is 5. The number of nitrogens with two attached hydrogens (primary N) is 1. The lowest BCUT2D eigenvalue weighted by atomic mass is 10.1. The van der Waals surface area contributed by atoms with E-state index in [0.717, 1.165) is 16.3 Å². The fourth-order valence-corrected chi connectivity index (χ4v) is 2.77. The van der Waals surface area contributed by atoms with Crippen LogP contribution in [0.3, 0.4) is 0 Å². The number of hydrogen-bond donors (Lipinski definition) is 1. The first-order valence-corrected chi connectivity index (χ1v) is 6.80. The molecule has 1 atom stereocenters. The third kappa shape index (κ3) is 2.72. The van der Waals surface area contributed by atoms with Gasteiger partial charge in [-0.1, -0.05) is 6.07 Å². The van der Waals surface area contributed by atoms with Crippen molar-refractivity contribution in [1.29, 1.82) is 0 Å². The molecule has 1 aromatic carbocycles. The van der Waals surface area contributed by atoms with Crippen LogP contribution in [-0.2, 0) is 0 Å². The van der Waals surface area contributed by atoms with Gasteiger partial charge < -0.3 is 15.2 Å². The summed E-state index contributed by atoms with van der Waals surface area (Å²) in [6.45, 7) is 4.05. The van der Waals surface area contributed by atoms with E-state index in [9.17, 15) is 0 Å². The Balaban J connectivity index is 2.35. The zero-order chi connectivity index (χ0) is 14.0. The molecule has 102 valence electrons. The predicted octanol–water partition coefficient (Wildman–Crippen LogP) is 2.83. The summed E-state index contributed by atoms with van der Waals surface area (Å²) in [7, 11) is 3.23. The van der Waals surface area contributed by atoms with Crippen molar-refractivity contribution in [2.45, 2.75) is 19.9 Å². The Morgan fingerprint density at radius 1 is 1.16 bits per heavy atom. The van der Waals surface area contributed by atoms with Crippen LogP contribution in [0.5, 0.6) is 11.5 Å². The van der Waals surface area contributed by atoms with Crippen molar-refractivity contribution in [2.75, 3.05) is 14.2 Å². The maximum Gasteiger partial charge on any atom is 0.161 e. The standard InChI is InChI=1S/C14H18N2O2S/c1-8-9(2)19-14(16-8)13(15)10-5-6-11(17-3)12(7-10)18-4/h5-7,13H,15H2,1-4H3. The van der Waals surface area contributed by atoms with Gasteiger partial charge in [-0.2, -0.15) is 0 Å². The van der Waals surface area contributed by atoms with Gasteiger partial charge in [-0.3, -0.25) is 0 Å². The molecule has 0 amide bonds. The second-order valence-corrected chi connectivity index (χ2v) is 5.52. The minimum Gasteiger partial charge on any atom is -0.493 e. The Hall–Kier alpha value is -1.59. The van der Waals surface area contributed by atoms with E-state index in [1.54, 1.807) is 25.6 Å². The van der Waals surface area contributed by atoms with E-state index in [2.05, 4.69) is 11.9 Å². The highest BCUT2D eigenvalue weighted by atomic mass is 32.1. The summed E-state index contributed by atoms with van der Waals surface area (Å²) in [4.78, 5) is 5.71. The van der Waals surface area contributed by atoms with Crippen molar-refractivity contribution in [3.63, 3.8) is 0 Å². The van der Waals surface area contributed by atoms with Gasteiger partial charge in [0.2, 0.25) is 0 Å². The van der Waals surface area contributed by atoms with Crippen LogP contribution in [0, 0.1) is 13.8 Å². The summed E-state index contributed by atoms with van der Waals surface area (Å²) in [6, 6.07) is 5.46. The van der Waals surface area contributed by atoms with Gasteiger partial charge in [0.15, 0.2) is 11.5 Å². The van der Waals surface area contributed by atoms with Gasteiger partial charge in [0.05, 0.1) is 26.0 Å². The van der Waals surface area contributed by atoms with E-state index in [-0.39, 0.29) is 6.04 Å². The number of aromatic nitrogens is 1. The molecule has 0 aliphatic rings. The van der Waals surface area contributed by atoms with Crippen molar-refractivity contribution < 1.29 is 9.47 Å². The SMILES string of the molecule is COc1ccc(C(N)c2nc(C)c(C)s2)cc1OC. The van der Waals surface area contributed by atoms with Gasteiger partial charge in [-0.05, 0) is 31.5 Å². The first-order chi connectivity index (χ1) is 9.06. The molecule has 2 N–H and O–H groups in total. The van der Waals surface area contributed by atoms with Gasteiger partial charge in [-0.25, -0.2) is 4.98 Å². The molecule has 19 heavy (non-hydrogen) atoms. The van der Waals surface area contributed by atoms with Crippen molar-refractivity contribution >= 4 is 11.3 Å². The lowest BCUT2D eigenvalue weighted by molar-refractivity contribution is 0.354. The summed E-state index contributed by atoms with van der Waals surface area (Å²) in [5, 5.41) is 0.919. The summed E-state index contributed by atoms with van der Waals surface area (Å²) in [5.74, 6) is 1.38. The maximum absolute atomic E-state index is 6.27. The molecule has 0 saturated carbocycles. The average Bonchev–Trinajstić information content (AvgIpc) is 2.77. The molecule has 2 rings (SSSR count). The largest absolute Gasteiger partial charge is 0.493 e. The van der Waals surface area contributed by atoms with Gasteiger partial charge in [-0.15, -0.1) is 11.3 Å². The summed E-state index contributed by atoms with van der Waals surface area (Å²) >= 11 is 1.63. The normalized spacial score (nSPS) is 12.3. The van der Waals surface area contributed by atoms with Crippen LogP contribution in [0.1, 0.15) is 27.2 Å². The summed E-state index contributed by atoms with van der Waals surface area (Å²) in [6.07, 6.45) is 0. The minimum absolute atomic E-state index is 0.239. The maximum atomic E-state index is 6.27. The molecule has 0 fully saturated rings. The molecule has 0 bridgehead atoms. The molecule has 0 aliphatic heterocycles. The van der Waals surface area contributed by atoms with Gasteiger partial charge >= 0.3 is 0 Å². The van der Waals surface area contributed by atoms with E-state index in [4.69, 9.17) is 15.2 Å². The molecule has 1 aromatic heterocycles. The van der Waals surface area contributed by atoms with Crippen molar-refractivity contribution in [1.82, 2.24) is 4.98 Å². The Bertz CT molecular complexity index is 561. The third-order valence-electron chi connectivity index (χ3n) is 3.08. The van der Waals surface area contributed by atoms with Crippen LogP contribution in [0.2, 0.25) is 0 Å². The average molecular weight is 278 g/mol. The smallest absolute Gasteiger partial charge is 0.161 e. The van der Waals surface area contributed by atoms with Gasteiger partial charge in [0.1, 0.15) is 5.01 Å². The molecule has 0 saturated heterocycles. The van der Waals surface area contributed by atoms with Crippen LogP contribution < -0.4 is 15.2 Å². The van der Waals surface area contributed by atoms with E-state index in [0.29, 0.717) is 11.5 Å². The first-order valence-electron chi connectivity index (χ1n) is 5.98. The summed E-state index contributed by atoms with van der Waals surface area (Å²) < 4.78 is 10.5. The van der Waals surface area contributed by atoms with E-state index < -0.39 is 0 Å². The lowest BCUT2D eigenvalue weighted by Crippen LogP contribution is -2.11. The number of benzene rings is 1. The second-order valence-electron chi connectivity index (χ2n) is 4.29. The first kappa shape index (κ1) is 13.8. The Labute approximate surface area is 117 Å². The quantitative estimate of drug-likeness (QED) is 0.934. The van der Waals surface area contributed by atoms with Crippen LogP contribution in [-0.4, -0.2) is 19.2 Å². The molecule has 0 spiro atoms. The van der Waals surface area contributed by atoms with Crippen molar-refractivity contribution in [2.24, 2.45) is 5.73 Å². The molecule has 4 nitrogen and oxygen atoms in total. The van der Waals surface area contributed by atoms with E-state index in [1.165, 1.54) is 4.88 Å². The zero-order valence-electron chi connectivity index (χ0n) is 11.6. The third-order valence-corrected chi connectivity index (χ3v) is 4.23. The molecular weight excluding hydrogens is 260 g/mol. The molecule has 1 heterocycles. The number of aryl methyl sites for hydroxylation is 2. The summed E-state index contributed by atoms with van der Waals surface area (Å²) in [5.41, 5.74) is 8.27. The van der Waals surface area contributed by atoms with Crippen molar-refractivity contribution in [3.05, 3.63) is 39.3 Å². The number of nitrogens with zero attached hydrogens (tertiary/aromatic N) is 1.